The lowest BCUT2D eigenvalue weighted by atomic mass is 9.95. The Balaban J connectivity index is 1.39. The highest BCUT2D eigenvalue weighted by molar-refractivity contribution is 7.96. The maximum absolute atomic E-state index is 5.72. The van der Waals surface area contributed by atoms with Crippen LogP contribution in [0.15, 0.2) is 30.6 Å². The fraction of sp³-hybridized carbons (Fsp3) is 0.458. The van der Waals surface area contributed by atoms with Gasteiger partial charge in [0, 0.05) is 19.1 Å². The number of methoxy groups -OCH3 is 1. The molecular weight excluding hydrogens is 434 g/mol. The van der Waals surface area contributed by atoms with Crippen LogP contribution in [-0.4, -0.2) is 56.7 Å². The maximum Gasteiger partial charge on any atom is 0.231 e. The van der Waals surface area contributed by atoms with Crippen LogP contribution in [0.5, 0.6) is 5.75 Å². The van der Waals surface area contributed by atoms with Crippen LogP contribution in [0.25, 0.3) is 16.7 Å². The van der Waals surface area contributed by atoms with Crippen LogP contribution in [-0.2, 0) is 0 Å². The van der Waals surface area contributed by atoms with Gasteiger partial charge in [-0.25, -0.2) is 9.29 Å². The van der Waals surface area contributed by atoms with Crippen molar-refractivity contribution in [3.8, 4) is 5.75 Å². The minimum atomic E-state index is 0.438. The first-order chi connectivity index (χ1) is 16.2. The van der Waals surface area contributed by atoms with Crippen LogP contribution >= 0.6 is 11.9 Å². The van der Waals surface area contributed by atoms with Crippen LogP contribution in [0.4, 0.5) is 17.5 Å². The zero-order valence-electron chi connectivity index (χ0n) is 19.2. The van der Waals surface area contributed by atoms with Gasteiger partial charge in [-0.3, -0.25) is 0 Å². The van der Waals surface area contributed by atoms with E-state index in [0.29, 0.717) is 17.6 Å². The summed E-state index contributed by atoms with van der Waals surface area (Å²) in [6.45, 7) is 2.02. The van der Waals surface area contributed by atoms with Crippen LogP contribution < -0.4 is 15.4 Å². The number of aromatic amines is 1. The Kier molecular flexibility index (Phi) is 6.68. The molecule has 1 saturated carbocycles. The second-order valence-electron chi connectivity index (χ2n) is 8.57. The van der Waals surface area contributed by atoms with E-state index < -0.39 is 0 Å². The number of H-pyrrole nitrogens is 1. The molecule has 0 saturated heterocycles. The molecule has 1 aromatic carbocycles. The second kappa shape index (κ2) is 10.0. The number of benzene rings is 1. The van der Waals surface area contributed by atoms with Gasteiger partial charge in [0.2, 0.25) is 5.95 Å². The average Bonchev–Trinajstić information content (AvgIpc) is 3.34. The topological polar surface area (TPSA) is 91.0 Å². The number of hydrogen-bond donors (Lipinski definition) is 3. The summed E-state index contributed by atoms with van der Waals surface area (Å²) in [6, 6.07) is 6.71. The molecule has 5 rings (SSSR count). The zero-order chi connectivity index (χ0) is 22.6. The predicted octanol–water partition coefficient (Wildman–Crippen LogP) is 5.22. The van der Waals surface area contributed by atoms with E-state index in [1.165, 1.54) is 43.2 Å². The molecule has 0 spiro atoms. The number of imidazole rings is 1. The van der Waals surface area contributed by atoms with E-state index in [0.717, 1.165) is 42.3 Å². The summed E-state index contributed by atoms with van der Waals surface area (Å²) in [5, 5.41) is 6.98. The largest absolute Gasteiger partial charge is 0.495 e. The van der Waals surface area contributed by atoms with Crippen molar-refractivity contribution < 1.29 is 4.74 Å². The Morgan fingerprint density at radius 1 is 1.18 bits per heavy atom. The summed E-state index contributed by atoms with van der Waals surface area (Å²) in [7, 11) is 1.70. The quantitative estimate of drug-likeness (QED) is 0.409. The number of nitrogens with zero attached hydrogens (tertiary/aromatic N) is 4. The molecule has 8 nitrogen and oxygen atoms in total. The lowest BCUT2D eigenvalue weighted by molar-refractivity contribution is 0.416. The SMILES string of the molecule is COc1cc(C2=CCN(SC)CC2)ccc1Nc1nc(NC2CCCCC2)c2[nH]cnc2n1. The third-order valence-corrected chi connectivity index (χ3v) is 7.33. The summed E-state index contributed by atoms with van der Waals surface area (Å²) >= 11 is 1.80. The summed E-state index contributed by atoms with van der Waals surface area (Å²) in [6.07, 6.45) is 13.3. The molecule has 1 aliphatic carbocycles. The van der Waals surface area contributed by atoms with E-state index in [1.807, 2.05) is 6.07 Å². The molecule has 2 aromatic heterocycles. The minimum absolute atomic E-state index is 0.438. The number of rotatable bonds is 7. The molecule has 3 aromatic rings. The highest BCUT2D eigenvalue weighted by Crippen LogP contribution is 2.33. The van der Waals surface area contributed by atoms with E-state index in [-0.39, 0.29) is 0 Å². The first-order valence-electron chi connectivity index (χ1n) is 11.6. The van der Waals surface area contributed by atoms with Crippen molar-refractivity contribution in [2.75, 3.05) is 37.1 Å². The number of nitrogens with one attached hydrogen (secondary N) is 3. The average molecular weight is 466 g/mol. The van der Waals surface area contributed by atoms with Gasteiger partial charge in [-0.1, -0.05) is 43.4 Å². The Labute approximate surface area is 198 Å². The lowest BCUT2D eigenvalue weighted by Gasteiger charge is -2.24. The molecule has 2 aliphatic rings. The molecule has 0 bridgehead atoms. The zero-order valence-corrected chi connectivity index (χ0v) is 20.0. The van der Waals surface area contributed by atoms with Crippen molar-refractivity contribution in [2.24, 2.45) is 0 Å². The highest BCUT2D eigenvalue weighted by atomic mass is 32.2. The molecule has 33 heavy (non-hydrogen) atoms. The van der Waals surface area contributed by atoms with E-state index in [4.69, 9.17) is 9.72 Å². The molecule has 1 aliphatic heterocycles. The van der Waals surface area contributed by atoms with Crippen LogP contribution in [0.3, 0.4) is 0 Å². The standard InChI is InChI=1S/C24H31N7OS/c1-32-20-14-17(16-10-12-31(33-2)13-11-16)8-9-19(20)28-24-29-22-21(25-15-26-22)23(30-24)27-18-6-4-3-5-7-18/h8-10,14-15,18H,3-7,11-13H2,1-2H3,(H3,25,26,27,28,29,30). The summed E-state index contributed by atoms with van der Waals surface area (Å²) in [4.78, 5) is 17.0. The van der Waals surface area contributed by atoms with Gasteiger partial charge in [0.05, 0.1) is 19.1 Å². The monoisotopic (exact) mass is 465 g/mol. The molecule has 3 heterocycles. The van der Waals surface area contributed by atoms with Crippen molar-refractivity contribution in [3.05, 3.63) is 36.2 Å². The number of fused-ring (bicyclic) bond motifs is 1. The van der Waals surface area contributed by atoms with Gasteiger partial charge in [-0.15, -0.1) is 0 Å². The molecule has 0 amide bonds. The Bertz CT molecular complexity index is 1140. The van der Waals surface area contributed by atoms with E-state index in [2.05, 4.69) is 54.4 Å². The van der Waals surface area contributed by atoms with Gasteiger partial charge in [0.25, 0.3) is 0 Å². The van der Waals surface area contributed by atoms with Gasteiger partial charge >= 0.3 is 0 Å². The van der Waals surface area contributed by atoms with Crippen molar-refractivity contribution in [1.82, 2.24) is 24.2 Å². The van der Waals surface area contributed by atoms with E-state index in [9.17, 15) is 0 Å². The number of anilines is 3. The van der Waals surface area contributed by atoms with Crippen LogP contribution in [0, 0.1) is 0 Å². The maximum atomic E-state index is 5.72. The lowest BCUT2D eigenvalue weighted by Crippen LogP contribution is -2.23. The van der Waals surface area contributed by atoms with Crippen LogP contribution in [0.2, 0.25) is 0 Å². The second-order valence-corrected chi connectivity index (χ2v) is 9.45. The van der Waals surface area contributed by atoms with Gasteiger partial charge in [-0.05, 0) is 48.8 Å². The summed E-state index contributed by atoms with van der Waals surface area (Å²) in [5.41, 5.74) is 4.88. The van der Waals surface area contributed by atoms with Gasteiger partial charge in [0.1, 0.15) is 11.3 Å². The minimum Gasteiger partial charge on any atom is -0.495 e. The highest BCUT2D eigenvalue weighted by Gasteiger charge is 2.18. The van der Waals surface area contributed by atoms with Gasteiger partial charge in [0.15, 0.2) is 11.5 Å². The number of hydrogen-bond acceptors (Lipinski definition) is 8. The molecule has 174 valence electrons. The third kappa shape index (κ3) is 4.94. The van der Waals surface area contributed by atoms with Crippen LogP contribution in [0.1, 0.15) is 44.1 Å². The van der Waals surface area contributed by atoms with Gasteiger partial charge in [-0.2, -0.15) is 9.97 Å². The fourth-order valence-electron chi connectivity index (χ4n) is 4.63. The van der Waals surface area contributed by atoms with E-state index in [1.54, 1.807) is 25.4 Å². The van der Waals surface area contributed by atoms with Gasteiger partial charge < -0.3 is 20.4 Å². The molecule has 3 N–H and O–H groups in total. The van der Waals surface area contributed by atoms with Crippen molar-refractivity contribution in [2.45, 2.75) is 44.6 Å². The summed E-state index contributed by atoms with van der Waals surface area (Å²) < 4.78 is 8.08. The Morgan fingerprint density at radius 2 is 2.06 bits per heavy atom. The van der Waals surface area contributed by atoms with Crippen molar-refractivity contribution in [3.63, 3.8) is 0 Å². The first kappa shape index (κ1) is 22.0. The summed E-state index contributed by atoms with van der Waals surface area (Å²) in [5.74, 6) is 2.08. The molecule has 9 heteroatoms. The fourth-order valence-corrected chi connectivity index (χ4v) is 5.12. The Hall–Kier alpha value is -2.78. The predicted molar refractivity (Wildman–Crippen MR) is 136 cm³/mol. The third-order valence-electron chi connectivity index (χ3n) is 6.48. The first-order valence-corrected chi connectivity index (χ1v) is 12.8. The molecular formula is C24H31N7OS. The van der Waals surface area contributed by atoms with E-state index >= 15 is 0 Å². The van der Waals surface area contributed by atoms with Crippen molar-refractivity contribution in [1.29, 1.82) is 0 Å². The van der Waals surface area contributed by atoms with Crippen molar-refractivity contribution >= 4 is 46.1 Å². The normalized spacial score (nSPS) is 17.7. The molecule has 1 fully saturated rings. The molecule has 0 radical (unpaired) electrons. The number of ether oxygens (including phenoxy) is 1. The molecule has 0 unspecified atom stereocenters. The number of aromatic nitrogens is 4. The smallest absolute Gasteiger partial charge is 0.231 e. The molecule has 0 atom stereocenters. The Morgan fingerprint density at radius 3 is 2.82 bits per heavy atom.